The lowest BCUT2D eigenvalue weighted by Crippen LogP contribution is -2.47. The zero-order valence-corrected chi connectivity index (χ0v) is 10.0. The maximum Gasteiger partial charge on any atom is 0.326 e. The first-order valence-corrected chi connectivity index (χ1v) is 5.99. The number of likely N-dealkylation sites (tertiary alicyclic amines) is 1. The smallest absolute Gasteiger partial charge is 0.326 e. The van der Waals surface area contributed by atoms with Gasteiger partial charge in [0.05, 0.1) is 0 Å². The predicted molar refractivity (Wildman–Crippen MR) is 67.2 cm³/mol. The Morgan fingerprint density at radius 2 is 2.11 bits per heavy atom. The molecule has 2 rings (SSSR count). The van der Waals surface area contributed by atoms with Crippen LogP contribution in [0.4, 0.5) is 5.69 Å². The maximum atomic E-state index is 12.3. The highest BCUT2D eigenvalue weighted by molar-refractivity contribution is 5.97. The largest absolute Gasteiger partial charge is 0.480 e. The van der Waals surface area contributed by atoms with Crippen molar-refractivity contribution in [2.75, 3.05) is 12.3 Å². The molecule has 0 unspecified atom stereocenters. The van der Waals surface area contributed by atoms with E-state index < -0.39 is 12.0 Å². The zero-order valence-electron chi connectivity index (χ0n) is 10.0. The molecule has 0 spiro atoms. The van der Waals surface area contributed by atoms with Crippen molar-refractivity contribution in [1.29, 1.82) is 0 Å². The molecule has 1 saturated heterocycles. The van der Waals surface area contributed by atoms with Gasteiger partial charge >= 0.3 is 5.97 Å². The number of nitrogens with two attached hydrogens (primary N) is 1. The molecule has 5 nitrogen and oxygen atoms in total. The third-order valence-corrected chi connectivity index (χ3v) is 3.18. The highest BCUT2D eigenvalue weighted by Crippen LogP contribution is 2.20. The minimum Gasteiger partial charge on any atom is -0.480 e. The van der Waals surface area contributed by atoms with E-state index in [2.05, 4.69) is 0 Å². The number of carbonyl (C=O) groups excluding carboxylic acids is 1. The van der Waals surface area contributed by atoms with E-state index in [-0.39, 0.29) is 5.91 Å². The van der Waals surface area contributed by atoms with Crippen LogP contribution in [0.1, 0.15) is 29.6 Å². The van der Waals surface area contributed by atoms with E-state index in [9.17, 15) is 9.59 Å². The topological polar surface area (TPSA) is 83.6 Å². The number of piperidine rings is 1. The van der Waals surface area contributed by atoms with Crippen LogP contribution < -0.4 is 5.73 Å². The Balaban J connectivity index is 2.23. The highest BCUT2D eigenvalue weighted by atomic mass is 16.4. The van der Waals surface area contributed by atoms with Gasteiger partial charge in [-0.3, -0.25) is 4.79 Å². The van der Waals surface area contributed by atoms with Gasteiger partial charge in [0.15, 0.2) is 0 Å². The summed E-state index contributed by atoms with van der Waals surface area (Å²) in [4.78, 5) is 24.9. The number of amides is 1. The van der Waals surface area contributed by atoms with E-state index in [1.54, 1.807) is 24.3 Å². The summed E-state index contributed by atoms with van der Waals surface area (Å²) in [7, 11) is 0. The van der Waals surface area contributed by atoms with Gasteiger partial charge in [-0.1, -0.05) is 6.07 Å². The van der Waals surface area contributed by atoms with Crippen molar-refractivity contribution >= 4 is 17.6 Å². The zero-order chi connectivity index (χ0) is 13.1. The summed E-state index contributed by atoms with van der Waals surface area (Å²) in [6.45, 7) is 0.491. The lowest BCUT2D eigenvalue weighted by Gasteiger charge is -2.33. The van der Waals surface area contributed by atoms with Crippen LogP contribution in [-0.2, 0) is 4.79 Å². The fourth-order valence-corrected chi connectivity index (χ4v) is 2.27. The molecule has 0 radical (unpaired) electrons. The summed E-state index contributed by atoms with van der Waals surface area (Å²) in [5.74, 6) is -1.19. The number of carboxylic acids is 1. The van der Waals surface area contributed by atoms with E-state index in [0.717, 1.165) is 12.8 Å². The van der Waals surface area contributed by atoms with Gasteiger partial charge in [0.1, 0.15) is 6.04 Å². The van der Waals surface area contributed by atoms with Crippen LogP contribution in [0.15, 0.2) is 24.3 Å². The van der Waals surface area contributed by atoms with Crippen LogP contribution in [0.3, 0.4) is 0 Å². The fourth-order valence-electron chi connectivity index (χ4n) is 2.27. The predicted octanol–water partition coefficient (Wildman–Crippen LogP) is 1.35. The Kier molecular flexibility index (Phi) is 3.50. The number of hydrogen-bond donors (Lipinski definition) is 2. The van der Waals surface area contributed by atoms with Crippen LogP contribution in [0, 0.1) is 0 Å². The monoisotopic (exact) mass is 248 g/mol. The van der Waals surface area contributed by atoms with Gasteiger partial charge in [-0.2, -0.15) is 0 Å². The maximum absolute atomic E-state index is 12.3. The van der Waals surface area contributed by atoms with E-state index in [1.807, 2.05) is 0 Å². The molecule has 0 aliphatic carbocycles. The molecule has 96 valence electrons. The SMILES string of the molecule is Nc1cccc(C(=O)N2CCCC[C@H]2C(=O)O)c1. The third kappa shape index (κ3) is 2.45. The minimum absolute atomic E-state index is 0.255. The molecular weight excluding hydrogens is 232 g/mol. The van der Waals surface area contributed by atoms with Gasteiger partial charge in [-0.05, 0) is 37.5 Å². The lowest BCUT2D eigenvalue weighted by molar-refractivity contribution is -0.143. The molecule has 0 bridgehead atoms. The van der Waals surface area contributed by atoms with E-state index in [0.29, 0.717) is 24.2 Å². The highest BCUT2D eigenvalue weighted by Gasteiger charge is 2.32. The Hall–Kier alpha value is -2.04. The van der Waals surface area contributed by atoms with Crippen molar-refractivity contribution in [2.45, 2.75) is 25.3 Å². The fraction of sp³-hybridized carbons (Fsp3) is 0.385. The summed E-state index contributed by atoms with van der Waals surface area (Å²) in [5, 5.41) is 9.14. The molecule has 1 aliphatic heterocycles. The Morgan fingerprint density at radius 1 is 1.33 bits per heavy atom. The Bertz CT molecular complexity index is 473. The van der Waals surface area contributed by atoms with Gasteiger partial charge < -0.3 is 15.7 Å². The number of anilines is 1. The quantitative estimate of drug-likeness (QED) is 0.774. The molecular formula is C13H16N2O3. The summed E-state index contributed by atoms with van der Waals surface area (Å²) < 4.78 is 0. The average Bonchev–Trinajstić information content (AvgIpc) is 2.38. The molecule has 0 saturated carbocycles. The average molecular weight is 248 g/mol. The first kappa shape index (κ1) is 12.4. The minimum atomic E-state index is -0.938. The van der Waals surface area contributed by atoms with Crippen molar-refractivity contribution in [2.24, 2.45) is 0 Å². The Morgan fingerprint density at radius 3 is 2.78 bits per heavy atom. The van der Waals surface area contributed by atoms with Crippen LogP contribution in [0.5, 0.6) is 0 Å². The third-order valence-electron chi connectivity index (χ3n) is 3.18. The number of aliphatic carboxylic acids is 1. The van der Waals surface area contributed by atoms with Crippen molar-refractivity contribution < 1.29 is 14.7 Å². The lowest BCUT2D eigenvalue weighted by atomic mass is 10.0. The van der Waals surface area contributed by atoms with Crippen molar-refractivity contribution in [3.8, 4) is 0 Å². The van der Waals surface area contributed by atoms with E-state index in [1.165, 1.54) is 4.90 Å². The first-order chi connectivity index (χ1) is 8.59. The first-order valence-electron chi connectivity index (χ1n) is 5.99. The molecule has 3 N–H and O–H groups in total. The number of nitrogen functional groups attached to an aromatic ring is 1. The normalized spacial score (nSPS) is 19.6. The summed E-state index contributed by atoms with van der Waals surface area (Å²) >= 11 is 0. The standard InChI is InChI=1S/C13H16N2O3/c14-10-5-3-4-9(8-10)12(16)15-7-2-1-6-11(15)13(17)18/h3-5,8,11H,1-2,6-7,14H2,(H,17,18)/t11-/m0/s1. The van der Waals surface area contributed by atoms with Crippen LogP contribution in [-0.4, -0.2) is 34.5 Å². The Labute approximate surface area is 105 Å². The number of rotatable bonds is 2. The molecule has 1 heterocycles. The van der Waals surface area contributed by atoms with Crippen LogP contribution >= 0.6 is 0 Å². The number of nitrogens with zero attached hydrogens (tertiary/aromatic N) is 1. The molecule has 1 aliphatic rings. The second-order valence-electron chi connectivity index (χ2n) is 4.47. The van der Waals surface area contributed by atoms with Crippen molar-refractivity contribution in [1.82, 2.24) is 4.90 Å². The molecule has 1 fully saturated rings. The molecule has 1 aromatic carbocycles. The van der Waals surface area contributed by atoms with Crippen molar-refractivity contribution in [3.63, 3.8) is 0 Å². The molecule has 5 heteroatoms. The molecule has 1 atom stereocenters. The number of carbonyl (C=O) groups is 2. The van der Waals surface area contributed by atoms with E-state index >= 15 is 0 Å². The number of hydrogen-bond acceptors (Lipinski definition) is 3. The van der Waals surface area contributed by atoms with Crippen LogP contribution in [0.25, 0.3) is 0 Å². The summed E-state index contributed by atoms with van der Waals surface area (Å²) in [5.41, 5.74) is 6.59. The second kappa shape index (κ2) is 5.08. The van der Waals surface area contributed by atoms with Gasteiger partial charge in [0.2, 0.25) is 0 Å². The molecule has 1 amide bonds. The number of carboxylic acid groups (broad SMARTS) is 1. The van der Waals surface area contributed by atoms with Crippen LogP contribution in [0.2, 0.25) is 0 Å². The van der Waals surface area contributed by atoms with Gasteiger partial charge in [-0.25, -0.2) is 4.79 Å². The molecule has 1 aromatic rings. The van der Waals surface area contributed by atoms with Gasteiger partial charge in [0, 0.05) is 17.8 Å². The molecule has 0 aromatic heterocycles. The van der Waals surface area contributed by atoms with Gasteiger partial charge in [-0.15, -0.1) is 0 Å². The second-order valence-corrected chi connectivity index (χ2v) is 4.47. The summed E-state index contributed by atoms with van der Waals surface area (Å²) in [6.07, 6.45) is 2.21. The van der Waals surface area contributed by atoms with E-state index in [4.69, 9.17) is 10.8 Å². The van der Waals surface area contributed by atoms with Crippen molar-refractivity contribution in [3.05, 3.63) is 29.8 Å². The summed E-state index contributed by atoms with van der Waals surface area (Å²) in [6, 6.07) is 5.92. The molecule has 18 heavy (non-hydrogen) atoms. The number of benzene rings is 1. The van der Waals surface area contributed by atoms with Gasteiger partial charge in [0.25, 0.3) is 5.91 Å².